The van der Waals surface area contributed by atoms with Gasteiger partial charge in [-0.05, 0) is 54.4 Å². The maximum Gasteiger partial charge on any atom is 0.343 e. The number of hydrogen-bond donors (Lipinski definition) is 0. The van der Waals surface area contributed by atoms with Crippen molar-refractivity contribution >= 4 is 39.0 Å². The van der Waals surface area contributed by atoms with Crippen molar-refractivity contribution in [2.24, 2.45) is 0 Å². The Bertz CT molecular complexity index is 1210. The largest absolute Gasteiger partial charge is 0.343 e. The van der Waals surface area contributed by atoms with Crippen molar-refractivity contribution in [1.82, 2.24) is 0 Å². The van der Waals surface area contributed by atoms with Crippen LogP contribution < -0.4 is 9.21 Å². The smallest absolute Gasteiger partial charge is 0.287 e. The van der Waals surface area contributed by atoms with Gasteiger partial charge in [-0.1, -0.05) is 41.9 Å². The van der Waals surface area contributed by atoms with Gasteiger partial charge in [0, 0.05) is 5.02 Å². The zero-order valence-corrected chi connectivity index (χ0v) is 16.9. The van der Waals surface area contributed by atoms with Crippen molar-refractivity contribution in [1.29, 1.82) is 0 Å². The number of rotatable bonds is 3. The summed E-state index contributed by atoms with van der Waals surface area (Å²) in [6.07, 6.45) is 0. The van der Waals surface area contributed by atoms with Gasteiger partial charge in [0.05, 0.1) is 17.9 Å². The minimum atomic E-state index is -4.19. The van der Waals surface area contributed by atoms with Crippen molar-refractivity contribution in [3.05, 3.63) is 88.7 Å². The Kier molecular flexibility index (Phi) is 4.80. The molecular formula is C21H16ClFN2O3S. The number of urea groups is 1. The number of amides is 2. The van der Waals surface area contributed by atoms with E-state index in [1.807, 2.05) is 0 Å². The van der Waals surface area contributed by atoms with Crippen LogP contribution in [0.2, 0.25) is 5.02 Å². The summed E-state index contributed by atoms with van der Waals surface area (Å²) < 4.78 is 41.2. The minimum absolute atomic E-state index is 0.0189. The molecule has 2 amide bonds. The molecule has 0 bridgehead atoms. The van der Waals surface area contributed by atoms with Gasteiger partial charge in [-0.25, -0.2) is 17.6 Å². The number of benzene rings is 3. The average molecular weight is 431 g/mol. The van der Waals surface area contributed by atoms with Crippen LogP contribution in [0.15, 0.2) is 71.6 Å². The topological polar surface area (TPSA) is 57.7 Å². The van der Waals surface area contributed by atoms with Crippen LogP contribution in [-0.4, -0.2) is 14.4 Å². The number of para-hydroxylation sites is 1. The number of aryl methyl sites for hydroxylation is 1. The number of carbonyl (C=O) groups is 1. The third-order valence-corrected chi connectivity index (χ3v) is 6.72. The molecule has 0 fully saturated rings. The highest BCUT2D eigenvalue weighted by Gasteiger charge is 2.42. The van der Waals surface area contributed by atoms with Crippen LogP contribution in [0.3, 0.4) is 0 Å². The molecule has 4 rings (SSSR count). The van der Waals surface area contributed by atoms with Gasteiger partial charge in [-0.15, -0.1) is 0 Å². The first kappa shape index (κ1) is 19.4. The Morgan fingerprint density at radius 3 is 2.38 bits per heavy atom. The second kappa shape index (κ2) is 7.17. The third kappa shape index (κ3) is 3.36. The number of anilines is 2. The summed E-state index contributed by atoms with van der Waals surface area (Å²) in [5.41, 5.74) is 1.35. The molecule has 29 heavy (non-hydrogen) atoms. The molecule has 3 aromatic carbocycles. The van der Waals surface area contributed by atoms with Gasteiger partial charge in [0.2, 0.25) is 0 Å². The highest BCUT2D eigenvalue weighted by Crippen LogP contribution is 2.38. The summed E-state index contributed by atoms with van der Waals surface area (Å²) in [5, 5.41) is 0.554. The van der Waals surface area contributed by atoms with Gasteiger partial charge < -0.3 is 0 Å². The van der Waals surface area contributed by atoms with Crippen LogP contribution >= 0.6 is 11.6 Å². The van der Waals surface area contributed by atoms with Gasteiger partial charge in [-0.3, -0.25) is 4.90 Å². The van der Waals surface area contributed by atoms with Crippen LogP contribution in [0.5, 0.6) is 0 Å². The predicted molar refractivity (Wildman–Crippen MR) is 110 cm³/mol. The van der Waals surface area contributed by atoms with Gasteiger partial charge in [0.25, 0.3) is 10.0 Å². The molecule has 0 atom stereocenters. The van der Waals surface area contributed by atoms with E-state index in [0.717, 1.165) is 11.6 Å². The first-order valence-corrected chi connectivity index (χ1v) is 10.6. The monoisotopic (exact) mass is 430 g/mol. The number of sulfonamides is 1. The number of nitrogens with zero attached hydrogens (tertiary/aromatic N) is 2. The highest BCUT2D eigenvalue weighted by atomic mass is 35.5. The molecule has 0 radical (unpaired) electrons. The van der Waals surface area contributed by atoms with Crippen LogP contribution in [0.4, 0.5) is 20.6 Å². The second-order valence-corrected chi connectivity index (χ2v) is 8.86. The number of carbonyl (C=O) groups excluding carboxylic acids is 1. The Hall–Kier alpha value is -2.90. The lowest BCUT2D eigenvalue weighted by Gasteiger charge is -2.36. The normalized spacial score (nSPS) is 15.3. The van der Waals surface area contributed by atoms with E-state index in [4.69, 9.17) is 11.6 Å². The molecule has 3 aromatic rings. The van der Waals surface area contributed by atoms with Crippen LogP contribution in [0.25, 0.3) is 0 Å². The lowest BCUT2D eigenvalue weighted by atomic mass is 10.2. The minimum Gasteiger partial charge on any atom is -0.287 e. The molecule has 5 nitrogen and oxygen atoms in total. The molecule has 0 saturated carbocycles. The molecule has 0 unspecified atom stereocenters. The molecule has 0 spiro atoms. The molecule has 1 aliphatic rings. The molecular weight excluding hydrogens is 415 g/mol. The molecule has 0 aromatic heterocycles. The van der Waals surface area contributed by atoms with Crippen molar-refractivity contribution in [2.45, 2.75) is 18.4 Å². The van der Waals surface area contributed by atoms with Gasteiger partial charge in [-0.2, -0.15) is 4.31 Å². The lowest BCUT2D eigenvalue weighted by Crippen LogP contribution is -2.50. The van der Waals surface area contributed by atoms with Crippen LogP contribution in [0.1, 0.15) is 11.1 Å². The molecule has 0 aliphatic carbocycles. The predicted octanol–water partition coefficient (Wildman–Crippen LogP) is 5.12. The molecule has 0 N–H and O–H groups in total. The summed E-state index contributed by atoms with van der Waals surface area (Å²) >= 11 is 5.93. The Labute approximate surface area is 173 Å². The second-order valence-electron chi connectivity index (χ2n) is 6.67. The van der Waals surface area contributed by atoms with E-state index in [9.17, 15) is 17.6 Å². The van der Waals surface area contributed by atoms with Gasteiger partial charge in [0.15, 0.2) is 0 Å². The zero-order chi connectivity index (χ0) is 20.8. The SMILES string of the molecule is Cc1ccc(N2C(=O)N(Cc3ccc(Cl)cc3)c3ccccc3S2(=O)=O)cc1F. The van der Waals surface area contributed by atoms with Gasteiger partial charge in [0.1, 0.15) is 10.7 Å². The highest BCUT2D eigenvalue weighted by molar-refractivity contribution is 7.94. The zero-order valence-electron chi connectivity index (χ0n) is 15.3. The van der Waals surface area contributed by atoms with E-state index in [0.29, 0.717) is 14.9 Å². The van der Waals surface area contributed by atoms with Crippen molar-refractivity contribution in [3.8, 4) is 0 Å². The van der Waals surface area contributed by atoms with E-state index in [1.54, 1.807) is 49.4 Å². The molecule has 8 heteroatoms. The fraction of sp³-hybridized carbons (Fsp3) is 0.0952. The van der Waals surface area contributed by atoms with E-state index in [2.05, 4.69) is 0 Å². The fourth-order valence-corrected chi connectivity index (χ4v) is 4.91. The Morgan fingerprint density at radius 2 is 1.69 bits per heavy atom. The molecule has 148 valence electrons. The summed E-state index contributed by atoms with van der Waals surface area (Å²) in [7, 11) is -4.19. The maximum absolute atomic E-state index is 14.1. The quantitative estimate of drug-likeness (QED) is 0.579. The molecule has 1 heterocycles. The first-order valence-electron chi connectivity index (χ1n) is 8.75. The summed E-state index contributed by atoms with van der Waals surface area (Å²) in [5.74, 6) is -0.589. The Morgan fingerprint density at radius 1 is 1.00 bits per heavy atom. The van der Waals surface area contributed by atoms with Crippen molar-refractivity contribution in [3.63, 3.8) is 0 Å². The van der Waals surface area contributed by atoms with E-state index < -0.39 is 21.9 Å². The van der Waals surface area contributed by atoms with Gasteiger partial charge >= 0.3 is 6.03 Å². The van der Waals surface area contributed by atoms with Crippen molar-refractivity contribution in [2.75, 3.05) is 9.21 Å². The number of hydrogen-bond acceptors (Lipinski definition) is 3. The first-order chi connectivity index (χ1) is 13.8. The van der Waals surface area contributed by atoms with Crippen molar-refractivity contribution < 1.29 is 17.6 Å². The molecule has 0 saturated heterocycles. The number of fused-ring (bicyclic) bond motifs is 1. The molecule has 1 aliphatic heterocycles. The maximum atomic E-state index is 14.1. The van der Waals surface area contributed by atoms with E-state index in [-0.39, 0.29) is 22.8 Å². The standard InChI is InChI=1S/C21H16ClFN2O3S/c1-14-6-11-17(12-18(14)23)25-21(26)24(13-15-7-9-16(22)10-8-15)19-4-2-3-5-20(19)29(25,27)28/h2-12H,13H2,1H3. The van der Waals surface area contributed by atoms with E-state index in [1.165, 1.54) is 23.1 Å². The summed E-state index contributed by atoms with van der Waals surface area (Å²) in [4.78, 5) is 14.6. The Balaban J connectivity index is 1.86. The van der Waals surface area contributed by atoms with E-state index >= 15 is 0 Å². The summed E-state index contributed by atoms with van der Waals surface area (Å²) in [6.45, 7) is 1.70. The van der Waals surface area contributed by atoms with Crippen LogP contribution in [-0.2, 0) is 16.6 Å². The lowest BCUT2D eigenvalue weighted by molar-refractivity contribution is 0.253. The third-order valence-electron chi connectivity index (χ3n) is 4.72. The summed E-state index contributed by atoms with van der Waals surface area (Å²) in [6, 6.07) is 16.3. The fourth-order valence-electron chi connectivity index (χ4n) is 3.19. The number of halogens is 2. The van der Waals surface area contributed by atoms with Crippen LogP contribution in [0, 0.1) is 12.7 Å². The average Bonchev–Trinajstić information content (AvgIpc) is 2.69.